The summed E-state index contributed by atoms with van der Waals surface area (Å²) in [5, 5.41) is 11.6. The average molecular weight is 423 g/mol. The van der Waals surface area contributed by atoms with Crippen molar-refractivity contribution in [1.29, 1.82) is 0 Å². The maximum atomic E-state index is 12.3. The van der Waals surface area contributed by atoms with E-state index in [2.05, 4.69) is 4.72 Å². The molecule has 1 N–H and O–H groups in total. The normalized spacial score (nSPS) is 11.4. The molecule has 0 aliphatic heterocycles. The van der Waals surface area contributed by atoms with Gasteiger partial charge in [0.2, 0.25) is 10.0 Å². The van der Waals surface area contributed by atoms with Gasteiger partial charge in [-0.2, -0.15) is 0 Å². The summed E-state index contributed by atoms with van der Waals surface area (Å²) in [6.07, 6.45) is 0. The minimum absolute atomic E-state index is 0.152. The molecule has 0 aromatic heterocycles. The van der Waals surface area contributed by atoms with Gasteiger partial charge in [0.1, 0.15) is 5.69 Å². The predicted molar refractivity (Wildman–Crippen MR) is 110 cm³/mol. The number of benzene rings is 2. The molecule has 0 saturated heterocycles. The van der Waals surface area contributed by atoms with Crippen LogP contribution in [0.1, 0.15) is 19.4 Å². The standard InChI is InChI=1S/C19H25N3O6S/c1-13(2)20-29(25,26)15-7-8-16(17(11-15)22(23)24)21(3)12-14-6-9-18(27-4)19(10-14)28-5/h6-11,13,20H,12H2,1-5H3. The van der Waals surface area contributed by atoms with Crippen LogP contribution < -0.4 is 19.1 Å². The minimum Gasteiger partial charge on any atom is -0.493 e. The van der Waals surface area contributed by atoms with Gasteiger partial charge in [0.25, 0.3) is 5.69 Å². The second-order valence-electron chi connectivity index (χ2n) is 6.73. The minimum atomic E-state index is -3.84. The molecule has 9 nitrogen and oxygen atoms in total. The third-order valence-corrected chi connectivity index (χ3v) is 5.78. The lowest BCUT2D eigenvalue weighted by Gasteiger charge is -2.20. The Morgan fingerprint density at radius 1 is 1.10 bits per heavy atom. The van der Waals surface area contributed by atoms with Crippen molar-refractivity contribution in [2.24, 2.45) is 0 Å². The predicted octanol–water partition coefficient (Wildman–Crippen LogP) is 2.94. The summed E-state index contributed by atoms with van der Waals surface area (Å²) >= 11 is 0. The fraction of sp³-hybridized carbons (Fsp3) is 0.368. The molecule has 0 bridgehead atoms. The van der Waals surface area contributed by atoms with Crippen LogP contribution in [0.5, 0.6) is 11.5 Å². The summed E-state index contributed by atoms with van der Waals surface area (Å²) in [6, 6.07) is 8.91. The second kappa shape index (κ2) is 9.10. The number of hydrogen-bond donors (Lipinski definition) is 1. The highest BCUT2D eigenvalue weighted by Gasteiger charge is 2.24. The SMILES string of the molecule is COc1ccc(CN(C)c2ccc(S(=O)(=O)NC(C)C)cc2[N+](=O)[O-])cc1OC. The van der Waals surface area contributed by atoms with E-state index in [0.717, 1.165) is 11.6 Å². The number of rotatable bonds is 9. The van der Waals surface area contributed by atoms with Crippen LogP contribution in [0.2, 0.25) is 0 Å². The molecule has 0 unspecified atom stereocenters. The molecule has 0 spiro atoms. The lowest BCUT2D eigenvalue weighted by atomic mass is 10.1. The van der Waals surface area contributed by atoms with Crippen LogP contribution >= 0.6 is 0 Å². The van der Waals surface area contributed by atoms with E-state index in [1.54, 1.807) is 37.9 Å². The zero-order chi connectivity index (χ0) is 21.8. The van der Waals surface area contributed by atoms with Gasteiger partial charge in [0, 0.05) is 25.7 Å². The molecule has 0 heterocycles. The Kier molecular flexibility index (Phi) is 7.04. The highest BCUT2D eigenvalue weighted by atomic mass is 32.2. The molecular formula is C19H25N3O6S. The second-order valence-corrected chi connectivity index (χ2v) is 8.44. The van der Waals surface area contributed by atoms with Gasteiger partial charge in [0.15, 0.2) is 11.5 Å². The summed E-state index contributed by atoms with van der Waals surface area (Å²) in [6.45, 7) is 3.70. The van der Waals surface area contributed by atoms with Crippen molar-refractivity contribution in [3.63, 3.8) is 0 Å². The lowest BCUT2D eigenvalue weighted by Crippen LogP contribution is -2.30. The first-order chi connectivity index (χ1) is 13.6. The summed E-state index contributed by atoms with van der Waals surface area (Å²) in [4.78, 5) is 12.5. The maximum Gasteiger partial charge on any atom is 0.293 e. The van der Waals surface area contributed by atoms with E-state index < -0.39 is 14.9 Å². The molecular weight excluding hydrogens is 398 g/mol. The molecule has 2 aromatic rings. The van der Waals surface area contributed by atoms with Crippen molar-refractivity contribution in [1.82, 2.24) is 4.72 Å². The van der Waals surface area contributed by atoms with Crippen LogP contribution in [0.15, 0.2) is 41.3 Å². The molecule has 0 radical (unpaired) electrons. The zero-order valence-corrected chi connectivity index (χ0v) is 17.8. The molecule has 2 aromatic carbocycles. The van der Waals surface area contributed by atoms with Gasteiger partial charge in [-0.15, -0.1) is 0 Å². The number of ether oxygens (including phenoxy) is 2. The summed E-state index contributed by atoms with van der Waals surface area (Å²) in [7, 11) is 0.924. The molecule has 0 fully saturated rings. The van der Waals surface area contributed by atoms with Gasteiger partial charge in [-0.05, 0) is 43.7 Å². The molecule has 0 aliphatic carbocycles. The number of nitrogens with zero attached hydrogens (tertiary/aromatic N) is 2. The lowest BCUT2D eigenvalue weighted by molar-refractivity contribution is -0.384. The number of nitro groups is 1. The van der Waals surface area contributed by atoms with Crippen LogP contribution in [-0.2, 0) is 16.6 Å². The van der Waals surface area contributed by atoms with Crippen LogP contribution in [-0.4, -0.2) is 40.7 Å². The smallest absolute Gasteiger partial charge is 0.293 e. The van der Waals surface area contributed by atoms with Crippen molar-refractivity contribution in [2.75, 3.05) is 26.2 Å². The van der Waals surface area contributed by atoms with Crippen LogP contribution in [0, 0.1) is 10.1 Å². The van der Waals surface area contributed by atoms with Crippen molar-refractivity contribution in [3.05, 3.63) is 52.1 Å². The van der Waals surface area contributed by atoms with Crippen molar-refractivity contribution < 1.29 is 22.8 Å². The van der Waals surface area contributed by atoms with Crippen LogP contribution in [0.3, 0.4) is 0 Å². The van der Waals surface area contributed by atoms with Gasteiger partial charge in [-0.1, -0.05) is 6.07 Å². The van der Waals surface area contributed by atoms with E-state index in [1.165, 1.54) is 26.4 Å². The highest BCUT2D eigenvalue weighted by molar-refractivity contribution is 7.89. The highest BCUT2D eigenvalue weighted by Crippen LogP contribution is 2.33. The molecule has 0 saturated carbocycles. The molecule has 0 atom stereocenters. The first-order valence-corrected chi connectivity index (χ1v) is 10.3. The number of methoxy groups -OCH3 is 2. The monoisotopic (exact) mass is 423 g/mol. The molecule has 10 heteroatoms. The van der Waals surface area contributed by atoms with Crippen LogP contribution in [0.4, 0.5) is 11.4 Å². The Hall–Kier alpha value is -2.85. The summed E-state index contributed by atoms with van der Waals surface area (Å²) in [5.41, 5.74) is 0.852. The molecule has 2 rings (SSSR count). The largest absolute Gasteiger partial charge is 0.493 e. The van der Waals surface area contributed by atoms with E-state index in [4.69, 9.17) is 9.47 Å². The topological polar surface area (TPSA) is 111 Å². The number of anilines is 1. The molecule has 0 amide bonds. The van der Waals surface area contributed by atoms with Gasteiger partial charge in [0.05, 0.1) is 24.0 Å². The summed E-state index contributed by atoms with van der Waals surface area (Å²) < 4.78 is 37.6. The number of hydrogen-bond acceptors (Lipinski definition) is 7. The zero-order valence-electron chi connectivity index (χ0n) is 17.0. The first-order valence-electron chi connectivity index (χ1n) is 8.82. The Balaban J connectivity index is 2.37. The number of sulfonamides is 1. The summed E-state index contributed by atoms with van der Waals surface area (Å²) in [5.74, 6) is 1.13. The number of nitrogens with one attached hydrogen (secondary N) is 1. The van der Waals surface area contributed by atoms with E-state index in [0.29, 0.717) is 23.7 Å². The van der Waals surface area contributed by atoms with Gasteiger partial charge < -0.3 is 14.4 Å². The Morgan fingerprint density at radius 3 is 2.31 bits per heavy atom. The molecule has 29 heavy (non-hydrogen) atoms. The van der Waals surface area contributed by atoms with Crippen LogP contribution in [0.25, 0.3) is 0 Å². The first kappa shape index (κ1) is 22.4. The van der Waals surface area contributed by atoms with Crippen molar-refractivity contribution in [3.8, 4) is 11.5 Å². The van der Waals surface area contributed by atoms with Crippen molar-refractivity contribution >= 4 is 21.4 Å². The molecule has 158 valence electrons. The Labute approximate surface area is 170 Å². The Bertz CT molecular complexity index is 991. The van der Waals surface area contributed by atoms with Crippen molar-refractivity contribution in [2.45, 2.75) is 31.3 Å². The van der Waals surface area contributed by atoms with E-state index >= 15 is 0 Å². The average Bonchev–Trinajstić information content (AvgIpc) is 2.66. The van der Waals surface area contributed by atoms with E-state index in [1.807, 2.05) is 6.07 Å². The van der Waals surface area contributed by atoms with E-state index in [-0.39, 0.29) is 16.6 Å². The molecule has 0 aliphatic rings. The Morgan fingerprint density at radius 2 is 1.76 bits per heavy atom. The third-order valence-electron chi connectivity index (χ3n) is 4.12. The quantitative estimate of drug-likeness (QED) is 0.487. The fourth-order valence-corrected chi connectivity index (χ4v) is 4.13. The van der Waals surface area contributed by atoms with Gasteiger partial charge in [-0.3, -0.25) is 10.1 Å². The maximum absolute atomic E-state index is 12.3. The van der Waals surface area contributed by atoms with E-state index in [9.17, 15) is 18.5 Å². The van der Waals surface area contributed by atoms with Gasteiger partial charge in [-0.25, -0.2) is 13.1 Å². The van der Waals surface area contributed by atoms with Gasteiger partial charge >= 0.3 is 0 Å². The fourth-order valence-electron chi connectivity index (χ4n) is 2.86. The number of nitro benzene ring substituents is 1. The third kappa shape index (κ3) is 5.36.